The standard InChI is InChI=1S/C11H13N3O2/c1-2-3-9(10(12)15)14-11(16)8-4-6-13-7-5-8/h2,4-7,9H,1,3H2,(H2,12,15)(H,14,16)/t9-/m1/s1. The van der Waals surface area contributed by atoms with Gasteiger partial charge >= 0.3 is 0 Å². The third kappa shape index (κ3) is 3.20. The second kappa shape index (κ2) is 5.65. The first-order valence-electron chi connectivity index (χ1n) is 4.76. The van der Waals surface area contributed by atoms with Crippen molar-refractivity contribution in [3.05, 3.63) is 42.7 Å². The van der Waals surface area contributed by atoms with Crippen LogP contribution in [0.25, 0.3) is 0 Å². The van der Waals surface area contributed by atoms with Gasteiger partial charge in [-0.1, -0.05) is 6.08 Å². The highest BCUT2D eigenvalue weighted by Crippen LogP contribution is 1.99. The first-order chi connectivity index (χ1) is 7.65. The second-order valence-electron chi connectivity index (χ2n) is 3.19. The van der Waals surface area contributed by atoms with Crippen LogP contribution in [0.4, 0.5) is 0 Å². The summed E-state index contributed by atoms with van der Waals surface area (Å²) in [5.41, 5.74) is 5.57. The van der Waals surface area contributed by atoms with Crippen LogP contribution in [-0.4, -0.2) is 22.8 Å². The molecule has 1 aromatic heterocycles. The molecule has 1 atom stereocenters. The number of primary amides is 1. The summed E-state index contributed by atoms with van der Waals surface area (Å²) in [7, 11) is 0. The molecule has 1 aromatic rings. The topological polar surface area (TPSA) is 85.1 Å². The fourth-order valence-electron chi connectivity index (χ4n) is 1.16. The number of carbonyl (C=O) groups excluding carboxylic acids is 2. The number of hydrogen-bond acceptors (Lipinski definition) is 3. The third-order valence-corrected chi connectivity index (χ3v) is 1.99. The number of carbonyl (C=O) groups is 2. The molecule has 1 rings (SSSR count). The number of nitrogens with zero attached hydrogens (tertiary/aromatic N) is 1. The van der Waals surface area contributed by atoms with E-state index in [1.807, 2.05) is 0 Å². The van der Waals surface area contributed by atoms with Crippen molar-refractivity contribution in [1.82, 2.24) is 10.3 Å². The lowest BCUT2D eigenvalue weighted by atomic mass is 10.1. The van der Waals surface area contributed by atoms with E-state index in [2.05, 4.69) is 16.9 Å². The van der Waals surface area contributed by atoms with Crippen LogP contribution in [0.3, 0.4) is 0 Å². The summed E-state index contributed by atoms with van der Waals surface area (Å²) in [6, 6.07) is 2.39. The Labute approximate surface area is 93.4 Å². The van der Waals surface area contributed by atoms with Crippen molar-refractivity contribution in [2.45, 2.75) is 12.5 Å². The van der Waals surface area contributed by atoms with E-state index in [1.165, 1.54) is 18.5 Å². The van der Waals surface area contributed by atoms with Crippen molar-refractivity contribution in [2.75, 3.05) is 0 Å². The molecule has 0 aliphatic heterocycles. The first kappa shape index (κ1) is 11.9. The molecule has 16 heavy (non-hydrogen) atoms. The molecule has 5 nitrogen and oxygen atoms in total. The van der Waals surface area contributed by atoms with E-state index in [0.717, 1.165) is 0 Å². The van der Waals surface area contributed by atoms with Crippen molar-refractivity contribution in [3.63, 3.8) is 0 Å². The molecule has 1 heterocycles. The molecule has 0 saturated carbocycles. The fraction of sp³-hybridized carbons (Fsp3) is 0.182. The van der Waals surface area contributed by atoms with Crippen LogP contribution in [0, 0.1) is 0 Å². The van der Waals surface area contributed by atoms with Crippen molar-refractivity contribution in [3.8, 4) is 0 Å². The minimum absolute atomic E-state index is 0.312. The number of nitrogens with one attached hydrogen (secondary N) is 1. The summed E-state index contributed by atoms with van der Waals surface area (Å²) in [5, 5.41) is 2.52. The molecule has 0 aromatic carbocycles. The zero-order valence-electron chi connectivity index (χ0n) is 8.72. The van der Waals surface area contributed by atoms with Gasteiger partial charge in [0.1, 0.15) is 6.04 Å². The highest BCUT2D eigenvalue weighted by molar-refractivity contribution is 5.97. The zero-order valence-corrected chi connectivity index (χ0v) is 8.72. The van der Waals surface area contributed by atoms with E-state index >= 15 is 0 Å². The quantitative estimate of drug-likeness (QED) is 0.696. The number of pyridine rings is 1. The predicted octanol–water partition coefficient (Wildman–Crippen LogP) is 0.241. The summed E-state index contributed by atoms with van der Waals surface area (Å²) < 4.78 is 0. The molecule has 0 radical (unpaired) electrons. The molecule has 0 aliphatic rings. The summed E-state index contributed by atoms with van der Waals surface area (Å²) in [5.74, 6) is -0.935. The SMILES string of the molecule is C=CC[C@@H](NC(=O)c1ccncc1)C(N)=O. The Morgan fingerprint density at radius 1 is 1.50 bits per heavy atom. The summed E-state index contributed by atoms with van der Waals surface area (Å²) in [6.45, 7) is 3.49. The molecule has 0 fully saturated rings. The van der Waals surface area contributed by atoms with Crippen molar-refractivity contribution in [1.29, 1.82) is 0 Å². The number of nitrogens with two attached hydrogens (primary N) is 1. The fourth-order valence-corrected chi connectivity index (χ4v) is 1.16. The van der Waals surface area contributed by atoms with Gasteiger partial charge in [-0.25, -0.2) is 0 Å². The highest BCUT2D eigenvalue weighted by Gasteiger charge is 2.16. The minimum Gasteiger partial charge on any atom is -0.368 e. The summed E-state index contributed by atoms with van der Waals surface area (Å²) in [4.78, 5) is 26.4. The van der Waals surface area contributed by atoms with Crippen LogP contribution < -0.4 is 11.1 Å². The van der Waals surface area contributed by atoms with Crippen LogP contribution in [0.15, 0.2) is 37.2 Å². The maximum Gasteiger partial charge on any atom is 0.252 e. The number of hydrogen-bond donors (Lipinski definition) is 2. The van der Waals surface area contributed by atoms with Gasteiger partial charge < -0.3 is 11.1 Å². The van der Waals surface area contributed by atoms with Crippen LogP contribution in [-0.2, 0) is 4.79 Å². The Kier molecular flexibility index (Phi) is 4.20. The third-order valence-electron chi connectivity index (χ3n) is 1.99. The highest BCUT2D eigenvalue weighted by atomic mass is 16.2. The van der Waals surface area contributed by atoms with Crippen LogP contribution in [0.5, 0.6) is 0 Å². The van der Waals surface area contributed by atoms with Gasteiger partial charge in [0.15, 0.2) is 0 Å². The number of aromatic nitrogens is 1. The molecular weight excluding hydrogens is 206 g/mol. The monoisotopic (exact) mass is 219 g/mol. The molecule has 0 aliphatic carbocycles. The van der Waals surface area contributed by atoms with E-state index in [1.54, 1.807) is 12.1 Å². The average Bonchev–Trinajstić information content (AvgIpc) is 2.29. The Balaban J connectivity index is 2.69. The Morgan fingerprint density at radius 3 is 2.62 bits per heavy atom. The maximum absolute atomic E-state index is 11.7. The lowest BCUT2D eigenvalue weighted by Gasteiger charge is -2.13. The molecule has 0 unspecified atom stereocenters. The van der Waals surface area contributed by atoms with Gasteiger partial charge in [0.05, 0.1) is 0 Å². The van der Waals surface area contributed by atoms with Gasteiger partial charge in [-0.15, -0.1) is 6.58 Å². The van der Waals surface area contributed by atoms with Crippen LogP contribution in [0.2, 0.25) is 0 Å². The molecule has 0 saturated heterocycles. The van der Waals surface area contributed by atoms with Crippen molar-refractivity contribution in [2.24, 2.45) is 5.73 Å². The van der Waals surface area contributed by atoms with Crippen LogP contribution in [0.1, 0.15) is 16.8 Å². The van der Waals surface area contributed by atoms with Gasteiger partial charge in [0, 0.05) is 18.0 Å². The van der Waals surface area contributed by atoms with Crippen molar-refractivity contribution < 1.29 is 9.59 Å². The van der Waals surface area contributed by atoms with E-state index < -0.39 is 11.9 Å². The van der Waals surface area contributed by atoms with E-state index in [9.17, 15) is 9.59 Å². The van der Waals surface area contributed by atoms with Gasteiger partial charge in [-0.2, -0.15) is 0 Å². The van der Waals surface area contributed by atoms with Gasteiger partial charge in [-0.05, 0) is 18.6 Å². The van der Waals surface area contributed by atoms with E-state index in [0.29, 0.717) is 12.0 Å². The first-order valence-corrected chi connectivity index (χ1v) is 4.76. The van der Waals surface area contributed by atoms with Crippen LogP contribution >= 0.6 is 0 Å². The lowest BCUT2D eigenvalue weighted by Crippen LogP contribution is -2.44. The van der Waals surface area contributed by atoms with E-state index in [-0.39, 0.29) is 5.91 Å². The summed E-state index contributed by atoms with van der Waals surface area (Å²) >= 11 is 0. The minimum atomic E-state index is -0.724. The van der Waals surface area contributed by atoms with Crippen molar-refractivity contribution >= 4 is 11.8 Å². The normalized spacial score (nSPS) is 11.5. The van der Waals surface area contributed by atoms with Gasteiger partial charge in [0.2, 0.25) is 5.91 Å². The second-order valence-corrected chi connectivity index (χ2v) is 3.19. The molecule has 3 N–H and O–H groups in total. The molecular formula is C11H13N3O2. The molecule has 0 bridgehead atoms. The Bertz CT molecular complexity index is 389. The molecule has 2 amide bonds. The predicted molar refractivity (Wildman–Crippen MR) is 59.5 cm³/mol. The lowest BCUT2D eigenvalue weighted by molar-refractivity contribution is -0.119. The van der Waals surface area contributed by atoms with E-state index in [4.69, 9.17) is 5.73 Å². The van der Waals surface area contributed by atoms with Gasteiger partial charge in [-0.3, -0.25) is 14.6 Å². The largest absolute Gasteiger partial charge is 0.368 e. The number of rotatable bonds is 5. The maximum atomic E-state index is 11.7. The number of amides is 2. The molecule has 0 spiro atoms. The molecule has 84 valence electrons. The summed E-state index contributed by atoms with van der Waals surface area (Å²) in [6.07, 6.45) is 4.85. The Hall–Kier alpha value is -2.17. The van der Waals surface area contributed by atoms with Gasteiger partial charge in [0.25, 0.3) is 5.91 Å². The Morgan fingerprint density at radius 2 is 2.12 bits per heavy atom. The molecule has 5 heteroatoms. The average molecular weight is 219 g/mol. The smallest absolute Gasteiger partial charge is 0.252 e. The zero-order chi connectivity index (χ0) is 12.0.